The fourth-order valence-electron chi connectivity index (χ4n) is 6.78. The first kappa shape index (κ1) is 28.6. The highest BCUT2D eigenvalue weighted by molar-refractivity contribution is 5.99. The molecule has 224 valence electrons. The van der Waals surface area contributed by atoms with Crippen LogP contribution in [0.2, 0.25) is 0 Å². The number of esters is 2. The normalized spacial score (nSPS) is 20.9. The van der Waals surface area contributed by atoms with Crippen LogP contribution in [0, 0.1) is 17.2 Å². The molecule has 9 nitrogen and oxygen atoms in total. The van der Waals surface area contributed by atoms with E-state index in [0.717, 1.165) is 74.9 Å². The third-order valence-corrected chi connectivity index (χ3v) is 9.28. The Labute approximate surface area is 245 Å². The number of hydrogen-bond acceptors (Lipinski definition) is 8. The number of fused-ring (bicyclic) bond motifs is 1. The maximum Gasteiger partial charge on any atom is 0.356 e. The van der Waals surface area contributed by atoms with Crippen molar-refractivity contribution in [2.75, 3.05) is 38.2 Å². The lowest BCUT2D eigenvalue weighted by Gasteiger charge is -2.49. The van der Waals surface area contributed by atoms with Crippen molar-refractivity contribution in [3.05, 3.63) is 47.5 Å². The van der Waals surface area contributed by atoms with E-state index in [1.54, 1.807) is 16.8 Å². The van der Waals surface area contributed by atoms with Crippen LogP contribution >= 0.6 is 0 Å². The maximum atomic E-state index is 13.8. The summed E-state index contributed by atoms with van der Waals surface area (Å²) in [4.78, 5) is 33.2. The minimum atomic E-state index is -0.536. The highest BCUT2D eigenvalue weighted by atomic mass is 19.1. The maximum absolute atomic E-state index is 13.8. The lowest BCUT2D eigenvalue weighted by molar-refractivity contribution is -0.167. The smallest absolute Gasteiger partial charge is 0.356 e. The van der Waals surface area contributed by atoms with Gasteiger partial charge in [0.15, 0.2) is 11.3 Å². The second-order valence-electron chi connectivity index (χ2n) is 13.0. The topological polar surface area (TPSA) is 98.6 Å². The molecule has 6 rings (SSSR count). The summed E-state index contributed by atoms with van der Waals surface area (Å²) in [5, 5.41) is 9.37. The molecule has 1 N–H and O–H groups in total. The van der Waals surface area contributed by atoms with Crippen LogP contribution in [0.1, 0.15) is 81.4 Å². The van der Waals surface area contributed by atoms with Crippen molar-refractivity contribution >= 4 is 28.7 Å². The Bertz CT molecular complexity index is 1480. The molecule has 3 aliphatic rings. The van der Waals surface area contributed by atoms with Gasteiger partial charge in [0.05, 0.1) is 35.5 Å². The summed E-state index contributed by atoms with van der Waals surface area (Å²) in [5.74, 6) is -0.885. The molecule has 0 bridgehead atoms. The van der Waals surface area contributed by atoms with Crippen LogP contribution in [-0.4, -0.2) is 65.6 Å². The van der Waals surface area contributed by atoms with Crippen molar-refractivity contribution < 1.29 is 23.5 Å². The number of nitrogens with one attached hydrogen (secondary N) is 1. The Morgan fingerprint density at radius 3 is 2.43 bits per heavy atom. The average molecular weight is 578 g/mol. The van der Waals surface area contributed by atoms with Crippen LogP contribution in [0.3, 0.4) is 0 Å². The van der Waals surface area contributed by atoms with E-state index in [2.05, 4.69) is 10.2 Å². The van der Waals surface area contributed by atoms with Gasteiger partial charge in [0.1, 0.15) is 11.4 Å². The predicted octanol–water partition coefficient (Wildman–Crippen LogP) is 5.15. The number of carbonyl (C=O) groups is 2. The Morgan fingerprint density at radius 1 is 1.10 bits per heavy atom. The number of piperidine rings is 2. The minimum Gasteiger partial charge on any atom is -0.464 e. The highest BCUT2D eigenvalue weighted by Crippen LogP contribution is 2.47. The molecule has 0 amide bonds. The van der Waals surface area contributed by atoms with Crippen molar-refractivity contribution in [3.8, 4) is 5.69 Å². The molecule has 10 heteroatoms. The monoisotopic (exact) mass is 577 g/mol. The van der Waals surface area contributed by atoms with Crippen LogP contribution < -0.4 is 10.2 Å². The van der Waals surface area contributed by atoms with E-state index in [-0.39, 0.29) is 28.8 Å². The molecule has 1 aliphatic carbocycles. The first-order valence-electron chi connectivity index (χ1n) is 15.0. The SMILES string of the molecule is COC(=O)c1cc(N2CCC3(CCNCC3C(=O)OC(C)(C)C)CC2)c2c(C3CCC3)nn(-c3ccc(F)cc3)c2n1. The van der Waals surface area contributed by atoms with Crippen molar-refractivity contribution in [3.63, 3.8) is 0 Å². The second kappa shape index (κ2) is 10.9. The van der Waals surface area contributed by atoms with Gasteiger partial charge in [-0.1, -0.05) is 6.42 Å². The summed E-state index contributed by atoms with van der Waals surface area (Å²) in [6, 6.07) is 8.00. The molecule has 1 aromatic carbocycles. The summed E-state index contributed by atoms with van der Waals surface area (Å²) >= 11 is 0. The number of aromatic nitrogens is 3. The zero-order chi connectivity index (χ0) is 29.6. The van der Waals surface area contributed by atoms with Crippen LogP contribution in [0.15, 0.2) is 30.3 Å². The molecule has 2 aliphatic heterocycles. The van der Waals surface area contributed by atoms with Crippen molar-refractivity contribution in [1.82, 2.24) is 20.1 Å². The molecule has 42 heavy (non-hydrogen) atoms. The van der Waals surface area contributed by atoms with Gasteiger partial charge >= 0.3 is 11.9 Å². The van der Waals surface area contributed by atoms with Crippen molar-refractivity contribution in [2.24, 2.45) is 11.3 Å². The molecule has 4 heterocycles. The number of rotatable bonds is 5. The van der Waals surface area contributed by atoms with Crippen molar-refractivity contribution in [1.29, 1.82) is 0 Å². The number of benzene rings is 1. The van der Waals surface area contributed by atoms with Gasteiger partial charge in [-0.2, -0.15) is 5.10 Å². The highest BCUT2D eigenvalue weighted by Gasteiger charge is 2.48. The molecule has 3 fully saturated rings. The summed E-state index contributed by atoms with van der Waals surface area (Å²) in [7, 11) is 1.35. The molecular formula is C32H40FN5O4. The molecule has 1 saturated carbocycles. The molecule has 1 spiro atoms. The number of carbonyl (C=O) groups excluding carboxylic acids is 2. The third kappa shape index (κ3) is 5.25. The Balaban J connectivity index is 1.40. The average Bonchev–Trinajstić information content (AvgIpc) is 3.30. The zero-order valence-electron chi connectivity index (χ0n) is 24.9. The number of hydrogen-bond donors (Lipinski definition) is 1. The Kier molecular flexibility index (Phi) is 7.45. The summed E-state index contributed by atoms with van der Waals surface area (Å²) < 4.78 is 26.5. The van der Waals surface area contributed by atoms with Crippen LogP contribution in [0.25, 0.3) is 16.7 Å². The number of ether oxygens (including phenoxy) is 2. The molecular weight excluding hydrogens is 537 g/mol. The number of pyridine rings is 1. The molecule has 1 unspecified atom stereocenters. The van der Waals surface area contributed by atoms with Crippen LogP contribution in [0.5, 0.6) is 0 Å². The fourth-order valence-corrected chi connectivity index (χ4v) is 6.78. The molecule has 1 atom stereocenters. The van der Waals surface area contributed by atoms with Gasteiger partial charge in [-0.3, -0.25) is 4.79 Å². The standard InChI is InChI=1S/C32H40FN5O4/c1-31(2,3)42-29(39)23-19-34-15-12-32(23)13-16-37(17-14-32)25-18-24(30(40)41-4)35-28-26(25)27(20-6-5-7-20)36-38(28)22-10-8-21(33)9-11-22/h8-11,18,20,23,34H,5-7,12-17,19H2,1-4H3. The van der Waals surface area contributed by atoms with E-state index in [4.69, 9.17) is 19.6 Å². The number of methoxy groups -OCH3 is 1. The van der Waals surface area contributed by atoms with Gasteiger partial charge in [0, 0.05) is 25.6 Å². The van der Waals surface area contributed by atoms with E-state index in [1.807, 2.05) is 26.8 Å². The van der Waals surface area contributed by atoms with Gasteiger partial charge in [0.2, 0.25) is 0 Å². The van der Waals surface area contributed by atoms with E-state index in [1.165, 1.54) is 19.2 Å². The summed E-state index contributed by atoms with van der Waals surface area (Å²) in [6.45, 7) is 8.69. The largest absolute Gasteiger partial charge is 0.464 e. The van der Waals surface area contributed by atoms with Gasteiger partial charge in [0.25, 0.3) is 0 Å². The first-order valence-corrected chi connectivity index (χ1v) is 15.0. The molecule has 3 aromatic rings. The Morgan fingerprint density at radius 2 is 1.81 bits per heavy atom. The van der Waals surface area contributed by atoms with E-state index in [0.29, 0.717) is 23.8 Å². The van der Waals surface area contributed by atoms with Gasteiger partial charge in [-0.25, -0.2) is 18.9 Å². The van der Waals surface area contributed by atoms with Crippen LogP contribution in [-0.2, 0) is 14.3 Å². The number of halogens is 1. The van der Waals surface area contributed by atoms with Gasteiger partial charge in [-0.15, -0.1) is 0 Å². The Hall–Kier alpha value is -3.53. The molecule has 2 aromatic heterocycles. The second-order valence-corrected chi connectivity index (χ2v) is 13.0. The quantitative estimate of drug-likeness (QED) is 0.416. The van der Waals surface area contributed by atoms with E-state index in [9.17, 15) is 14.0 Å². The number of anilines is 1. The number of nitrogens with zero attached hydrogens (tertiary/aromatic N) is 4. The lowest BCUT2D eigenvalue weighted by Crippen LogP contribution is -2.54. The third-order valence-electron chi connectivity index (χ3n) is 9.28. The van der Waals surface area contributed by atoms with E-state index < -0.39 is 11.6 Å². The van der Waals surface area contributed by atoms with Gasteiger partial charge < -0.3 is 19.7 Å². The molecule has 2 saturated heterocycles. The van der Waals surface area contributed by atoms with E-state index >= 15 is 0 Å². The van der Waals surface area contributed by atoms with Crippen LogP contribution in [0.4, 0.5) is 10.1 Å². The summed E-state index contributed by atoms with van der Waals surface area (Å²) in [5.41, 5.74) is 2.65. The zero-order valence-corrected chi connectivity index (χ0v) is 24.9. The minimum absolute atomic E-state index is 0.129. The first-order chi connectivity index (χ1) is 20.1. The predicted molar refractivity (Wildman–Crippen MR) is 157 cm³/mol. The summed E-state index contributed by atoms with van der Waals surface area (Å²) in [6.07, 6.45) is 5.81. The fraction of sp³-hybridized carbons (Fsp3) is 0.562. The lowest BCUT2D eigenvalue weighted by atomic mass is 9.64. The van der Waals surface area contributed by atoms with Gasteiger partial charge in [-0.05, 0) is 95.2 Å². The molecule has 0 radical (unpaired) electrons. The van der Waals surface area contributed by atoms with Crippen molar-refractivity contribution in [2.45, 2.75) is 70.8 Å².